The van der Waals surface area contributed by atoms with E-state index in [0.29, 0.717) is 29.9 Å². The van der Waals surface area contributed by atoms with E-state index in [-0.39, 0.29) is 30.7 Å². The maximum absolute atomic E-state index is 12.5. The first-order valence-corrected chi connectivity index (χ1v) is 11.2. The van der Waals surface area contributed by atoms with Crippen molar-refractivity contribution in [3.05, 3.63) is 59.4 Å². The van der Waals surface area contributed by atoms with Gasteiger partial charge in [0.05, 0.1) is 11.6 Å². The summed E-state index contributed by atoms with van der Waals surface area (Å²) >= 11 is 0. The minimum absolute atomic E-state index is 0.149. The van der Waals surface area contributed by atoms with Crippen LogP contribution < -0.4 is 15.4 Å². The predicted molar refractivity (Wildman–Crippen MR) is 126 cm³/mol. The number of fused-ring (bicyclic) bond motifs is 2. The van der Waals surface area contributed by atoms with Gasteiger partial charge in [0.1, 0.15) is 11.3 Å². The number of nitrogens with one attached hydrogen (secondary N) is 3. The monoisotopic (exact) mass is 459 g/mol. The second-order valence-corrected chi connectivity index (χ2v) is 8.60. The average molecular weight is 460 g/mol. The van der Waals surface area contributed by atoms with Gasteiger partial charge in [0.15, 0.2) is 6.61 Å². The van der Waals surface area contributed by atoms with E-state index in [0.717, 1.165) is 27.5 Å². The van der Waals surface area contributed by atoms with Gasteiger partial charge in [0.2, 0.25) is 11.8 Å². The van der Waals surface area contributed by atoms with Gasteiger partial charge in [0.25, 0.3) is 5.91 Å². The summed E-state index contributed by atoms with van der Waals surface area (Å²) < 4.78 is 7.48. The summed E-state index contributed by atoms with van der Waals surface area (Å²) in [5, 5.41) is 11.7. The molecular formula is C25H25N5O4. The van der Waals surface area contributed by atoms with Crippen LogP contribution in [0.3, 0.4) is 0 Å². The van der Waals surface area contributed by atoms with Gasteiger partial charge in [-0.05, 0) is 48.6 Å². The Morgan fingerprint density at radius 1 is 1.24 bits per heavy atom. The van der Waals surface area contributed by atoms with Crippen LogP contribution in [0.15, 0.2) is 42.5 Å². The number of aromatic nitrogens is 3. The molecular weight excluding hydrogens is 434 g/mol. The van der Waals surface area contributed by atoms with Crippen LogP contribution in [0, 0.1) is 6.92 Å². The van der Waals surface area contributed by atoms with E-state index in [1.54, 1.807) is 23.9 Å². The highest BCUT2D eigenvalue weighted by molar-refractivity contribution is 6.03. The largest absolute Gasteiger partial charge is 0.482 e. The number of imide groups is 1. The maximum Gasteiger partial charge on any atom is 0.258 e. The molecule has 0 bridgehead atoms. The number of nitrogens with zero attached hydrogens (tertiary/aromatic N) is 2. The van der Waals surface area contributed by atoms with Crippen molar-refractivity contribution in [2.24, 2.45) is 7.05 Å². The van der Waals surface area contributed by atoms with E-state index in [4.69, 9.17) is 4.74 Å². The number of rotatable bonds is 6. The summed E-state index contributed by atoms with van der Waals surface area (Å²) in [6.07, 6.45) is 0.694. The Morgan fingerprint density at radius 2 is 2.09 bits per heavy atom. The van der Waals surface area contributed by atoms with Gasteiger partial charge in [-0.15, -0.1) is 0 Å². The summed E-state index contributed by atoms with van der Waals surface area (Å²) in [6, 6.07) is 13.5. The Labute approximate surface area is 195 Å². The minimum Gasteiger partial charge on any atom is -0.482 e. The molecule has 0 spiro atoms. The van der Waals surface area contributed by atoms with Crippen LogP contribution in [0.2, 0.25) is 0 Å². The van der Waals surface area contributed by atoms with Crippen molar-refractivity contribution in [2.75, 3.05) is 6.61 Å². The summed E-state index contributed by atoms with van der Waals surface area (Å²) in [7, 11) is 1.77. The van der Waals surface area contributed by atoms with Crippen LogP contribution >= 0.6 is 0 Å². The van der Waals surface area contributed by atoms with Crippen LogP contribution in [0.4, 0.5) is 0 Å². The van der Waals surface area contributed by atoms with Crippen molar-refractivity contribution >= 4 is 39.5 Å². The number of benzene rings is 2. The molecule has 0 aliphatic carbocycles. The van der Waals surface area contributed by atoms with Crippen LogP contribution in [-0.4, -0.2) is 39.1 Å². The van der Waals surface area contributed by atoms with Gasteiger partial charge in [-0.2, -0.15) is 5.10 Å². The minimum atomic E-state index is -0.499. The number of piperidine rings is 1. The molecule has 4 aromatic rings. The third-order valence-electron chi connectivity index (χ3n) is 6.09. The highest BCUT2D eigenvalue weighted by atomic mass is 16.5. The van der Waals surface area contributed by atoms with E-state index in [9.17, 15) is 14.4 Å². The summed E-state index contributed by atoms with van der Waals surface area (Å²) in [4.78, 5) is 39.6. The molecule has 1 aliphatic rings. The van der Waals surface area contributed by atoms with Crippen molar-refractivity contribution in [3.63, 3.8) is 0 Å². The number of ether oxygens (including phenoxy) is 1. The number of para-hydroxylation sites is 1. The van der Waals surface area contributed by atoms with Crippen LogP contribution in [0.25, 0.3) is 21.8 Å². The van der Waals surface area contributed by atoms with Crippen LogP contribution in [-0.2, 0) is 28.0 Å². The van der Waals surface area contributed by atoms with E-state index in [1.807, 2.05) is 31.2 Å². The normalized spacial score (nSPS) is 16.1. The lowest BCUT2D eigenvalue weighted by Gasteiger charge is -2.19. The zero-order valence-corrected chi connectivity index (χ0v) is 19.0. The van der Waals surface area contributed by atoms with Gasteiger partial charge in [-0.25, -0.2) is 0 Å². The molecule has 2 aromatic heterocycles. The second-order valence-electron chi connectivity index (χ2n) is 8.60. The molecule has 1 aliphatic heterocycles. The molecule has 3 heterocycles. The topological polar surface area (TPSA) is 118 Å². The van der Waals surface area contributed by atoms with Crippen LogP contribution in [0.1, 0.15) is 35.7 Å². The zero-order chi connectivity index (χ0) is 23.8. The Hall–Kier alpha value is -4.14. The third-order valence-corrected chi connectivity index (χ3v) is 6.09. The SMILES string of the molecule is Cc1cc2cc(CNC(=O)COc3cccc4c(C5CCC(=O)NC5=O)nn(C)c34)ccc2[nH]1. The van der Waals surface area contributed by atoms with Gasteiger partial charge in [-0.1, -0.05) is 18.2 Å². The van der Waals surface area contributed by atoms with Gasteiger partial charge < -0.3 is 15.0 Å². The van der Waals surface area contributed by atoms with E-state index in [1.165, 1.54) is 0 Å². The number of aryl methyl sites for hydroxylation is 2. The first-order valence-electron chi connectivity index (χ1n) is 11.2. The van der Waals surface area contributed by atoms with Crippen molar-refractivity contribution in [1.82, 2.24) is 25.4 Å². The average Bonchev–Trinajstić information content (AvgIpc) is 3.35. The quantitative estimate of drug-likeness (QED) is 0.383. The lowest BCUT2D eigenvalue weighted by molar-refractivity contribution is -0.134. The first kappa shape index (κ1) is 21.7. The number of carbonyl (C=O) groups is 3. The molecule has 1 unspecified atom stereocenters. The second kappa shape index (κ2) is 8.66. The molecule has 1 saturated heterocycles. The van der Waals surface area contributed by atoms with Gasteiger partial charge in [-0.3, -0.25) is 24.4 Å². The van der Waals surface area contributed by atoms with Crippen LogP contribution in [0.5, 0.6) is 5.75 Å². The molecule has 1 fully saturated rings. The van der Waals surface area contributed by atoms with Gasteiger partial charge >= 0.3 is 0 Å². The Kier molecular flexibility index (Phi) is 5.53. The fraction of sp³-hybridized carbons (Fsp3) is 0.280. The molecule has 3 amide bonds. The molecule has 0 saturated carbocycles. The fourth-order valence-electron chi connectivity index (χ4n) is 4.49. The fourth-order valence-corrected chi connectivity index (χ4v) is 4.49. The maximum atomic E-state index is 12.5. The lowest BCUT2D eigenvalue weighted by Crippen LogP contribution is -2.39. The molecule has 9 nitrogen and oxygen atoms in total. The highest BCUT2D eigenvalue weighted by Crippen LogP contribution is 2.34. The summed E-state index contributed by atoms with van der Waals surface area (Å²) in [5.41, 5.74) is 4.46. The molecule has 9 heteroatoms. The number of hydrogen-bond donors (Lipinski definition) is 3. The molecule has 2 aromatic carbocycles. The van der Waals surface area contributed by atoms with Crippen molar-refractivity contribution < 1.29 is 19.1 Å². The van der Waals surface area contributed by atoms with E-state index in [2.05, 4.69) is 26.8 Å². The molecule has 1 atom stereocenters. The smallest absolute Gasteiger partial charge is 0.258 e. The molecule has 0 radical (unpaired) electrons. The molecule has 5 rings (SSSR count). The first-order chi connectivity index (χ1) is 16.4. The standard InChI is InChI=1S/C25H25N5O4/c1-14-10-16-11-15(6-8-19(16)27-14)12-26-22(32)13-34-20-5-3-4-17-23(29-30(2)24(17)20)18-7-9-21(31)28-25(18)33/h3-6,8,10-11,18,27H,7,9,12-13H2,1-2H3,(H,26,32)(H,28,31,33). The van der Waals surface area contributed by atoms with Gasteiger partial charge in [0, 0.05) is 36.6 Å². The summed E-state index contributed by atoms with van der Waals surface area (Å²) in [5.74, 6) is -0.837. The third kappa shape index (κ3) is 4.12. The molecule has 3 N–H and O–H groups in total. The number of aromatic amines is 1. The lowest BCUT2D eigenvalue weighted by atomic mass is 9.93. The predicted octanol–water partition coefficient (Wildman–Crippen LogP) is 2.58. The number of H-pyrrole nitrogens is 1. The summed E-state index contributed by atoms with van der Waals surface area (Å²) in [6.45, 7) is 2.26. The van der Waals surface area contributed by atoms with Crippen molar-refractivity contribution in [3.8, 4) is 5.75 Å². The Balaban J connectivity index is 1.27. The van der Waals surface area contributed by atoms with Crippen molar-refractivity contribution in [1.29, 1.82) is 0 Å². The van der Waals surface area contributed by atoms with E-state index >= 15 is 0 Å². The van der Waals surface area contributed by atoms with Crippen molar-refractivity contribution in [2.45, 2.75) is 32.2 Å². The zero-order valence-electron chi connectivity index (χ0n) is 19.0. The Bertz CT molecular complexity index is 1430. The van der Waals surface area contributed by atoms with E-state index < -0.39 is 5.92 Å². The number of amides is 3. The number of carbonyl (C=O) groups excluding carboxylic acids is 3. The molecule has 34 heavy (non-hydrogen) atoms. The molecule has 174 valence electrons. The number of hydrogen-bond acceptors (Lipinski definition) is 5. The Morgan fingerprint density at radius 3 is 2.91 bits per heavy atom. The highest BCUT2D eigenvalue weighted by Gasteiger charge is 2.32.